The normalized spacial score (nSPS) is 27.8. The van der Waals surface area contributed by atoms with Gasteiger partial charge in [-0.15, -0.1) is 0 Å². The van der Waals surface area contributed by atoms with Gasteiger partial charge in [0.2, 0.25) is 0 Å². The first-order valence-electron chi connectivity index (χ1n) is 8.52. The predicted molar refractivity (Wildman–Crippen MR) is 95.4 cm³/mol. The van der Waals surface area contributed by atoms with Gasteiger partial charge in [-0.3, -0.25) is 0 Å². The van der Waals surface area contributed by atoms with Gasteiger partial charge in [-0.2, -0.15) is 0 Å². The maximum absolute atomic E-state index is 3.99. The first kappa shape index (κ1) is 17.0. The highest BCUT2D eigenvalue weighted by atomic mass is 79.9. The van der Waals surface area contributed by atoms with E-state index in [0.29, 0.717) is 12.1 Å². The summed E-state index contributed by atoms with van der Waals surface area (Å²) in [4.78, 5) is 0. The minimum atomic E-state index is 0.481. The van der Waals surface area contributed by atoms with Gasteiger partial charge in [-0.1, -0.05) is 62.2 Å². The van der Waals surface area contributed by atoms with E-state index in [1.54, 1.807) is 0 Å². The molecule has 1 aliphatic carbocycles. The summed E-state index contributed by atoms with van der Waals surface area (Å²) in [5, 5.41) is 3.99. The van der Waals surface area contributed by atoms with Crippen molar-refractivity contribution in [2.24, 2.45) is 17.8 Å². The van der Waals surface area contributed by atoms with Crippen molar-refractivity contribution in [3.63, 3.8) is 0 Å². The van der Waals surface area contributed by atoms with Crippen LogP contribution >= 0.6 is 15.9 Å². The highest BCUT2D eigenvalue weighted by Crippen LogP contribution is 2.35. The summed E-state index contributed by atoms with van der Waals surface area (Å²) in [6.07, 6.45) is 5.26. The molecule has 0 aromatic heterocycles. The van der Waals surface area contributed by atoms with Gasteiger partial charge in [-0.05, 0) is 54.7 Å². The molecule has 118 valence electrons. The molecule has 0 heterocycles. The maximum Gasteiger partial charge on any atom is 0.0320 e. The molecule has 0 amide bonds. The molecular weight excluding hydrogens is 322 g/mol. The Morgan fingerprint density at radius 1 is 1.19 bits per heavy atom. The largest absolute Gasteiger partial charge is 0.307 e. The summed E-state index contributed by atoms with van der Waals surface area (Å²) < 4.78 is 1.16. The average Bonchev–Trinajstić information content (AvgIpc) is 2.45. The van der Waals surface area contributed by atoms with Crippen LogP contribution in [-0.2, 0) is 0 Å². The molecule has 0 bridgehead atoms. The summed E-state index contributed by atoms with van der Waals surface area (Å²) in [6, 6.07) is 9.97. The van der Waals surface area contributed by atoms with Crippen LogP contribution in [0.1, 0.15) is 65.0 Å². The van der Waals surface area contributed by atoms with Gasteiger partial charge >= 0.3 is 0 Å². The molecule has 1 aliphatic rings. The number of nitrogens with one attached hydrogen (secondary N) is 1. The molecule has 2 rings (SSSR count). The molecule has 21 heavy (non-hydrogen) atoms. The Morgan fingerprint density at radius 3 is 2.43 bits per heavy atom. The second-order valence-corrected chi connectivity index (χ2v) is 8.03. The fourth-order valence-electron chi connectivity index (χ4n) is 3.80. The molecule has 1 aromatic rings. The van der Waals surface area contributed by atoms with Gasteiger partial charge in [0.25, 0.3) is 0 Å². The molecule has 4 atom stereocenters. The van der Waals surface area contributed by atoms with Crippen LogP contribution in [0.4, 0.5) is 0 Å². The van der Waals surface area contributed by atoms with Crippen molar-refractivity contribution < 1.29 is 0 Å². The minimum Gasteiger partial charge on any atom is -0.307 e. The molecule has 1 nitrogen and oxygen atoms in total. The fraction of sp³-hybridized carbons (Fsp3) is 0.684. The van der Waals surface area contributed by atoms with E-state index in [0.717, 1.165) is 28.6 Å². The average molecular weight is 352 g/mol. The quantitative estimate of drug-likeness (QED) is 0.690. The summed E-state index contributed by atoms with van der Waals surface area (Å²) in [5.41, 5.74) is 1.42. The molecule has 0 spiro atoms. The number of hydrogen-bond donors (Lipinski definition) is 1. The fourth-order valence-corrected chi connectivity index (χ4v) is 4.06. The monoisotopic (exact) mass is 351 g/mol. The molecule has 0 radical (unpaired) electrons. The SMILES string of the molecule is CCC(NC1CC(C)CCC1C(C)C)c1ccc(Br)cc1. The van der Waals surface area contributed by atoms with E-state index in [9.17, 15) is 0 Å². The van der Waals surface area contributed by atoms with Gasteiger partial charge in [0.05, 0.1) is 0 Å². The smallest absolute Gasteiger partial charge is 0.0320 e. The van der Waals surface area contributed by atoms with E-state index >= 15 is 0 Å². The molecule has 1 fully saturated rings. The van der Waals surface area contributed by atoms with E-state index in [-0.39, 0.29) is 0 Å². The topological polar surface area (TPSA) is 12.0 Å². The highest BCUT2D eigenvalue weighted by Gasteiger charge is 2.31. The third-order valence-electron chi connectivity index (χ3n) is 5.12. The predicted octanol–water partition coefficient (Wildman–Crippen LogP) is 5.95. The molecule has 0 aliphatic heterocycles. The lowest BCUT2D eigenvalue weighted by Gasteiger charge is -2.40. The van der Waals surface area contributed by atoms with E-state index in [1.807, 2.05) is 0 Å². The molecule has 1 aromatic carbocycles. The van der Waals surface area contributed by atoms with Crippen LogP contribution in [0.3, 0.4) is 0 Å². The Balaban J connectivity index is 2.09. The third kappa shape index (κ3) is 4.56. The van der Waals surface area contributed by atoms with Crippen LogP contribution in [0.25, 0.3) is 0 Å². The van der Waals surface area contributed by atoms with Crippen molar-refractivity contribution in [3.8, 4) is 0 Å². The van der Waals surface area contributed by atoms with E-state index in [1.165, 1.54) is 24.8 Å². The van der Waals surface area contributed by atoms with Crippen LogP contribution in [0.5, 0.6) is 0 Å². The summed E-state index contributed by atoms with van der Waals surface area (Å²) >= 11 is 3.53. The highest BCUT2D eigenvalue weighted by molar-refractivity contribution is 9.10. The second-order valence-electron chi connectivity index (χ2n) is 7.11. The lowest BCUT2D eigenvalue weighted by atomic mass is 9.73. The molecule has 0 saturated heterocycles. The molecular formula is C19H30BrN. The van der Waals surface area contributed by atoms with Gasteiger partial charge in [0, 0.05) is 16.6 Å². The van der Waals surface area contributed by atoms with Gasteiger partial charge in [-0.25, -0.2) is 0 Å². The first-order valence-corrected chi connectivity index (χ1v) is 9.32. The van der Waals surface area contributed by atoms with Crippen molar-refractivity contribution >= 4 is 15.9 Å². The standard InChI is InChI=1S/C19H30BrN/c1-5-18(15-7-9-16(20)10-8-15)21-19-12-14(4)6-11-17(19)13(2)3/h7-10,13-14,17-19,21H,5-6,11-12H2,1-4H3. The van der Waals surface area contributed by atoms with Crippen LogP contribution in [0.2, 0.25) is 0 Å². The molecule has 4 unspecified atom stereocenters. The Hall–Kier alpha value is -0.340. The lowest BCUT2D eigenvalue weighted by molar-refractivity contribution is 0.158. The van der Waals surface area contributed by atoms with E-state index in [4.69, 9.17) is 0 Å². The summed E-state index contributed by atoms with van der Waals surface area (Å²) in [7, 11) is 0. The third-order valence-corrected chi connectivity index (χ3v) is 5.65. The maximum atomic E-state index is 3.99. The van der Waals surface area contributed by atoms with Gasteiger partial charge in [0.1, 0.15) is 0 Å². The zero-order chi connectivity index (χ0) is 15.4. The van der Waals surface area contributed by atoms with Crippen LogP contribution in [0.15, 0.2) is 28.7 Å². The van der Waals surface area contributed by atoms with Gasteiger partial charge in [0.15, 0.2) is 0 Å². The van der Waals surface area contributed by atoms with Crippen molar-refractivity contribution in [3.05, 3.63) is 34.3 Å². The summed E-state index contributed by atoms with van der Waals surface area (Å²) in [6.45, 7) is 9.47. The van der Waals surface area contributed by atoms with E-state index < -0.39 is 0 Å². The number of halogens is 1. The molecule has 2 heteroatoms. The van der Waals surface area contributed by atoms with Crippen LogP contribution in [0, 0.1) is 17.8 Å². The second kappa shape index (κ2) is 7.78. The number of rotatable bonds is 5. The van der Waals surface area contributed by atoms with Crippen molar-refractivity contribution in [1.82, 2.24) is 5.32 Å². The van der Waals surface area contributed by atoms with Crippen LogP contribution in [-0.4, -0.2) is 6.04 Å². The zero-order valence-electron chi connectivity index (χ0n) is 13.9. The van der Waals surface area contributed by atoms with Crippen molar-refractivity contribution in [2.45, 2.75) is 65.5 Å². The Kier molecular flexibility index (Phi) is 6.31. The van der Waals surface area contributed by atoms with E-state index in [2.05, 4.69) is 73.2 Å². The Labute approximate surface area is 139 Å². The van der Waals surface area contributed by atoms with Crippen LogP contribution < -0.4 is 5.32 Å². The molecule has 1 N–H and O–H groups in total. The summed E-state index contributed by atoms with van der Waals surface area (Å²) in [5.74, 6) is 2.46. The van der Waals surface area contributed by atoms with Gasteiger partial charge < -0.3 is 5.32 Å². The number of hydrogen-bond acceptors (Lipinski definition) is 1. The molecule has 1 saturated carbocycles. The Bertz CT molecular complexity index is 426. The van der Waals surface area contributed by atoms with Crippen molar-refractivity contribution in [1.29, 1.82) is 0 Å². The first-order chi connectivity index (χ1) is 10.0. The number of benzene rings is 1. The Morgan fingerprint density at radius 2 is 1.86 bits per heavy atom. The minimum absolute atomic E-state index is 0.481. The zero-order valence-corrected chi connectivity index (χ0v) is 15.5. The lowest BCUT2D eigenvalue weighted by Crippen LogP contribution is -2.44. The van der Waals surface area contributed by atoms with Crippen molar-refractivity contribution in [2.75, 3.05) is 0 Å².